The number of hydrogen-bond acceptors (Lipinski definition) is 4. The zero-order valence-electron chi connectivity index (χ0n) is 17.7. The Balaban J connectivity index is 1.47. The molecular weight excluding hydrogens is 376 g/mol. The molecule has 30 heavy (non-hydrogen) atoms. The van der Waals surface area contributed by atoms with Crippen molar-refractivity contribution < 1.29 is 9.47 Å². The molecule has 2 aliphatic rings. The second-order valence-corrected chi connectivity index (χ2v) is 7.98. The molecule has 0 bridgehead atoms. The molecule has 2 unspecified atom stereocenters. The smallest absolute Gasteiger partial charge is 0.189 e. The van der Waals surface area contributed by atoms with Crippen LogP contribution in [0.1, 0.15) is 48.9 Å². The lowest BCUT2D eigenvalue weighted by molar-refractivity contribution is 0.167. The first-order chi connectivity index (χ1) is 14.7. The average molecular weight is 409 g/mol. The molecule has 3 N–H and O–H groups in total. The molecule has 4 rings (SSSR count). The number of nitrogens with zero attached hydrogens (tertiary/aromatic N) is 2. The normalized spacial score (nSPS) is 20.7. The number of benzene rings is 2. The van der Waals surface area contributed by atoms with Crippen molar-refractivity contribution in [1.29, 1.82) is 0 Å². The van der Waals surface area contributed by atoms with E-state index in [2.05, 4.69) is 28.4 Å². The fourth-order valence-corrected chi connectivity index (χ4v) is 4.39. The van der Waals surface area contributed by atoms with E-state index < -0.39 is 0 Å². The minimum absolute atomic E-state index is 0.133. The predicted molar refractivity (Wildman–Crippen MR) is 120 cm³/mol. The number of methoxy groups -OCH3 is 1. The first-order valence-corrected chi connectivity index (χ1v) is 10.9. The third kappa shape index (κ3) is 4.87. The third-order valence-corrected chi connectivity index (χ3v) is 6.05. The molecule has 0 saturated carbocycles. The van der Waals surface area contributed by atoms with Gasteiger partial charge in [0.25, 0.3) is 0 Å². The number of piperidine rings is 1. The number of nitrogens with one attached hydrogen (secondary N) is 1. The minimum Gasteiger partial charge on any atom is -0.497 e. The van der Waals surface area contributed by atoms with Crippen molar-refractivity contribution in [3.8, 4) is 11.5 Å². The maximum absolute atomic E-state index is 6.32. The van der Waals surface area contributed by atoms with Crippen LogP contribution in [0, 0.1) is 0 Å². The van der Waals surface area contributed by atoms with Crippen LogP contribution in [-0.2, 0) is 0 Å². The Hall–Kier alpha value is -2.73. The monoisotopic (exact) mass is 408 g/mol. The molecule has 2 heterocycles. The van der Waals surface area contributed by atoms with Crippen LogP contribution in [0.2, 0.25) is 0 Å². The highest BCUT2D eigenvalue weighted by Crippen LogP contribution is 2.31. The molecule has 0 aromatic heterocycles. The third-order valence-electron chi connectivity index (χ3n) is 6.05. The van der Waals surface area contributed by atoms with E-state index in [1.165, 1.54) is 24.8 Å². The van der Waals surface area contributed by atoms with Crippen LogP contribution in [0.15, 0.2) is 53.5 Å². The molecule has 1 saturated heterocycles. The van der Waals surface area contributed by atoms with Crippen LogP contribution in [0.5, 0.6) is 11.5 Å². The molecular formula is C24H32N4O2. The van der Waals surface area contributed by atoms with Gasteiger partial charge >= 0.3 is 0 Å². The largest absolute Gasteiger partial charge is 0.497 e. The molecule has 0 aliphatic carbocycles. The van der Waals surface area contributed by atoms with Crippen LogP contribution >= 0.6 is 0 Å². The van der Waals surface area contributed by atoms with E-state index in [9.17, 15) is 0 Å². The number of likely N-dealkylation sites (tertiary alicyclic amines) is 1. The summed E-state index contributed by atoms with van der Waals surface area (Å²) < 4.78 is 11.1. The van der Waals surface area contributed by atoms with Gasteiger partial charge in [-0.3, -0.25) is 9.89 Å². The summed E-state index contributed by atoms with van der Waals surface area (Å²) in [7, 11) is 1.70. The van der Waals surface area contributed by atoms with Gasteiger partial charge in [-0.05, 0) is 49.7 Å². The van der Waals surface area contributed by atoms with Crippen LogP contribution < -0.4 is 20.5 Å². The summed E-state index contributed by atoms with van der Waals surface area (Å²) in [4.78, 5) is 7.29. The lowest BCUT2D eigenvalue weighted by Crippen LogP contribution is -2.39. The highest BCUT2D eigenvalue weighted by molar-refractivity contribution is 5.78. The average Bonchev–Trinajstić information content (AvgIpc) is 2.80. The molecule has 6 nitrogen and oxygen atoms in total. The van der Waals surface area contributed by atoms with E-state index in [1.807, 2.05) is 30.3 Å². The molecule has 2 aromatic rings. The Kier molecular flexibility index (Phi) is 6.74. The molecule has 2 aliphatic heterocycles. The van der Waals surface area contributed by atoms with Crippen molar-refractivity contribution >= 4 is 5.96 Å². The van der Waals surface area contributed by atoms with Crippen molar-refractivity contribution in [3.05, 3.63) is 59.7 Å². The van der Waals surface area contributed by atoms with Crippen molar-refractivity contribution in [2.45, 2.75) is 37.8 Å². The molecule has 0 amide bonds. The van der Waals surface area contributed by atoms with Gasteiger partial charge in [-0.15, -0.1) is 0 Å². The number of ether oxygens (including phenoxy) is 2. The minimum atomic E-state index is 0.133. The Morgan fingerprint density at radius 2 is 1.93 bits per heavy atom. The highest BCUT2D eigenvalue weighted by atomic mass is 16.5. The lowest BCUT2D eigenvalue weighted by Gasteiger charge is -2.34. The van der Waals surface area contributed by atoms with E-state index in [4.69, 9.17) is 20.2 Å². The van der Waals surface area contributed by atoms with E-state index in [0.717, 1.165) is 36.6 Å². The topological polar surface area (TPSA) is 72.1 Å². The van der Waals surface area contributed by atoms with Crippen molar-refractivity contribution in [1.82, 2.24) is 10.2 Å². The zero-order chi connectivity index (χ0) is 20.8. The molecule has 2 atom stereocenters. The number of guanidine groups is 1. The molecule has 6 heteroatoms. The second-order valence-electron chi connectivity index (χ2n) is 7.98. The second kappa shape index (κ2) is 9.85. The Morgan fingerprint density at radius 1 is 1.17 bits per heavy atom. The lowest BCUT2D eigenvalue weighted by atomic mass is 10.0. The maximum Gasteiger partial charge on any atom is 0.189 e. The van der Waals surface area contributed by atoms with Gasteiger partial charge < -0.3 is 20.5 Å². The molecule has 2 aromatic carbocycles. The van der Waals surface area contributed by atoms with Crippen LogP contribution in [0.3, 0.4) is 0 Å². The van der Waals surface area contributed by atoms with Crippen molar-refractivity contribution in [2.24, 2.45) is 10.7 Å². The summed E-state index contributed by atoms with van der Waals surface area (Å²) in [6, 6.07) is 16.8. The van der Waals surface area contributed by atoms with Crippen molar-refractivity contribution in [3.63, 3.8) is 0 Å². The maximum atomic E-state index is 6.32. The summed E-state index contributed by atoms with van der Waals surface area (Å²) >= 11 is 0. The number of fused-ring (bicyclic) bond motifs is 1. The first-order valence-electron chi connectivity index (χ1n) is 10.9. The van der Waals surface area contributed by atoms with Gasteiger partial charge in [0, 0.05) is 12.0 Å². The molecule has 160 valence electrons. The van der Waals surface area contributed by atoms with Crippen molar-refractivity contribution in [2.75, 3.05) is 33.4 Å². The molecule has 0 spiro atoms. The van der Waals surface area contributed by atoms with Gasteiger partial charge in [0.05, 0.1) is 32.3 Å². The summed E-state index contributed by atoms with van der Waals surface area (Å²) in [5, 5.41) is 3.41. The van der Waals surface area contributed by atoms with Gasteiger partial charge in [0.2, 0.25) is 0 Å². The van der Waals surface area contributed by atoms with E-state index in [0.29, 0.717) is 19.1 Å². The Bertz CT molecular complexity index is 847. The summed E-state index contributed by atoms with van der Waals surface area (Å²) in [6.07, 6.45) is 4.66. The standard InChI is InChI=1S/C24H32N4O2/c1-29-19-11-9-18(10-12-19)22(28-14-5-2-6-15-28)17-26-24(25)27-21-13-16-30-23-8-4-3-7-20(21)23/h3-4,7-12,21-22H,2,5-6,13-17H2,1H3,(H3,25,26,27). The van der Waals surface area contributed by atoms with Crippen LogP contribution in [-0.4, -0.2) is 44.2 Å². The number of para-hydroxylation sites is 1. The van der Waals surface area contributed by atoms with Gasteiger partial charge in [0.15, 0.2) is 5.96 Å². The first kappa shape index (κ1) is 20.5. The zero-order valence-corrected chi connectivity index (χ0v) is 17.7. The summed E-state index contributed by atoms with van der Waals surface area (Å²) in [5.74, 6) is 2.30. The number of nitrogens with two attached hydrogens (primary N) is 1. The molecule has 1 fully saturated rings. The highest BCUT2D eigenvalue weighted by Gasteiger charge is 2.24. The fraction of sp³-hybridized carbons (Fsp3) is 0.458. The predicted octanol–water partition coefficient (Wildman–Crippen LogP) is 3.65. The number of rotatable bonds is 6. The summed E-state index contributed by atoms with van der Waals surface area (Å²) in [5.41, 5.74) is 8.72. The van der Waals surface area contributed by atoms with E-state index >= 15 is 0 Å². The van der Waals surface area contributed by atoms with Gasteiger partial charge in [-0.2, -0.15) is 0 Å². The molecule has 0 radical (unpaired) electrons. The van der Waals surface area contributed by atoms with E-state index in [-0.39, 0.29) is 12.1 Å². The number of aliphatic imine (C=N–C) groups is 1. The fourth-order valence-electron chi connectivity index (χ4n) is 4.39. The van der Waals surface area contributed by atoms with Gasteiger partial charge in [0.1, 0.15) is 11.5 Å². The quantitative estimate of drug-likeness (QED) is 0.564. The summed E-state index contributed by atoms with van der Waals surface area (Å²) in [6.45, 7) is 3.53. The number of hydrogen-bond donors (Lipinski definition) is 2. The Morgan fingerprint density at radius 3 is 2.70 bits per heavy atom. The van der Waals surface area contributed by atoms with E-state index in [1.54, 1.807) is 7.11 Å². The Labute approximate surface area is 179 Å². The SMILES string of the molecule is COc1ccc(C(CN=C(N)NC2CCOc3ccccc32)N2CCCCC2)cc1. The van der Waals surface area contributed by atoms with Crippen LogP contribution in [0.25, 0.3) is 0 Å². The van der Waals surface area contributed by atoms with Crippen LogP contribution in [0.4, 0.5) is 0 Å². The van der Waals surface area contributed by atoms with Gasteiger partial charge in [-0.25, -0.2) is 0 Å². The van der Waals surface area contributed by atoms with Gasteiger partial charge in [-0.1, -0.05) is 36.8 Å².